The maximum atomic E-state index is 10.9. The van der Waals surface area contributed by atoms with Crippen LogP contribution >= 0.6 is 0 Å². The zero-order valence-electron chi connectivity index (χ0n) is 13.5. The third kappa shape index (κ3) is 3.35. The number of fused-ring (bicyclic) bond motifs is 1. The highest BCUT2D eigenvalue weighted by atomic mass is 32.2. The fraction of sp³-hybridized carbons (Fsp3) is 0.583. The number of ether oxygens (including phenoxy) is 1. The van der Waals surface area contributed by atoms with Crippen LogP contribution in [-0.2, 0) is 19.2 Å². The van der Waals surface area contributed by atoms with Gasteiger partial charge in [0.2, 0.25) is 0 Å². The van der Waals surface area contributed by atoms with E-state index in [1.165, 1.54) is 13.3 Å². The number of aliphatic hydroxyl groups is 3. The number of nitrogens with two attached hydrogens (primary N) is 2. The first-order valence-corrected chi connectivity index (χ1v) is 8.92. The number of nitrogens with zero attached hydrogens (tertiary/aromatic N) is 4. The fourth-order valence-corrected chi connectivity index (χ4v) is 3.05. The predicted octanol–water partition coefficient (Wildman–Crippen LogP) is -2.70. The summed E-state index contributed by atoms with van der Waals surface area (Å²) in [4.78, 5) is 7.88. The quantitative estimate of drug-likeness (QED) is 0.354. The maximum absolute atomic E-state index is 10.9. The Morgan fingerprint density at radius 2 is 2.08 bits per heavy atom. The molecule has 1 fully saturated rings. The topological polar surface area (TPSA) is 209 Å². The van der Waals surface area contributed by atoms with Crippen LogP contribution in [0.3, 0.4) is 0 Å². The van der Waals surface area contributed by atoms with E-state index in [1.54, 1.807) is 0 Å². The molecule has 3 heterocycles. The molecular weight excluding hydrogens is 372 g/mol. The van der Waals surface area contributed by atoms with Gasteiger partial charge in [-0.1, -0.05) is 0 Å². The molecule has 3 rings (SSSR count). The van der Waals surface area contributed by atoms with Gasteiger partial charge in [0, 0.05) is 0 Å². The molecule has 0 aliphatic carbocycles. The van der Waals surface area contributed by atoms with Crippen molar-refractivity contribution in [3.63, 3.8) is 0 Å². The van der Waals surface area contributed by atoms with Crippen LogP contribution in [0.1, 0.15) is 24.9 Å². The summed E-state index contributed by atoms with van der Waals surface area (Å²) >= 11 is 0. The minimum atomic E-state index is -4.25. The van der Waals surface area contributed by atoms with Crippen molar-refractivity contribution < 1.29 is 32.7 Å². The molecule has 13 nitrogen and oxygen atoms in total. The summed E-state index contributed by atoms with van der Waals surface area (Å²) in [6.07, 6.45) is -5.23. The second-order valence-corrected chi connectivity index (χ2v) is 7.01. The molecule has 2 aromatic heterocycles. The van der Waals surface area contributed by atoms with Crippen molar-refractivity contribution in [1.82, 2.24) is 19.7 Å². The molecule has 0 spiro atoms. The Bertz CT molecular complexity index is 916. The van der Waals surface area contributed by atoms with Gasteiger partial charge in [-0.3, -0.25) is 4.18 Å². The van der Waals surface area contributed by atoms with Crippen LogP contribution in [0.4, 0.5) is 5.82 Å². The number of aromatic nitrogens is 4. The average molecular weight is 390 g/mol. The van der Waals surface area contributed by atoms with E-state index >= 15 is 0 Å². The van der Waals surface area contributed by atoms with Crippen molar-refractivity contribution in [2.45, 2.75) is 37.6 Å². The van der Waals surface area contributed by atoms with E-state index in [4.69, 9.17) is 15.6 Å². The maximum Gasteiger partial charge on any atom is 0.333 e. The highest BCUT2D eigenvalue weighted by molar-refractivity contribution is 7.84. The van der Waals surface area contributed by atoms with Crippen LogP contribution < -0.4 is 10.9 Å². The molecule has 2 aromatic rings. The van der Waals surface area contributed by atoms with Crippen LogP contribution in [-0.4, -0.2) is 68.4 Å². The van der Waals surface area contributed by atoms with Crippen molar-refractivity contribution in [3.05, 3.63) is 12.0 Å². The monoisotopic (exact) mass is 390 g/mol. The lowest BCUT2D eigenvalue weighted by Crippen LogP contribution is -2.35. The third-order valence-corrected chi connectivity index (χ3v) is 4.38. The molecule has 0 bridgehead atoms. The summed E-state index contributed by atoms with van der Waals surface area (Å²) < 4.78 is 32.8. The van der Waals surface area contributed by atoms with Gasteiger partial charge in [-0.2, -0.15) is 13.5 Å². The Morgan fingerprint density at radius 3 is 2.69 bits per heavy atom. The van der Waals surface area contributed by atoms with Gasteiger partial charge in [0.1, 0.15) is 36.2 Å². The summed E-state index contributed by atoms with van der Waals surface area (Å²) in [6, 6.07) is 0. The van der Waals surface area contributed by atoms with E-state index in [0.717, 1.165) is 4.68 Å². The van der Waals surface area contributed by atoms with Crippen LogP contribution in [0, 0.1) is 0 Å². The summed E-state index contributed by atoms with van der Waals surface area (Å²) in [5.41, 5.74) is 6.15. The number of hydrogen-bond acceptors (Lipinski definition) is 11. The second-order valence-electron chi connectivity index (χ2n) is 5.79. The fourth-order valence-electron chi connectivity index (χ4n) is 2.72. The number of aliphatic hydroxyl groups excluding tert-OH is 3. The minimum Gasteiger partial charge on any atom is -0.387 e. The molecule has 1 unspecified atom stereocenters. The summed E-state index contributed by atoms with van der Waals surface area (Å²) in [7, 11) is -4.25. The zero-order chi connectivity index (χ0) is 19.2. The number of hydrogen-bond donors (Lipinski definition) is 5. The molecule has 5 atom stereocenters. The highest BCUT2D eigenvalue weighted by Crippen LogP contribution is 2.34. The lowest BCUT2D eigenvalue weighted by Gasteiger charge is -2.15. The molecule has 1 aliphatic rings. The first kappa shape index (κ1) is 18.8. The first-order chi connectivity index (χ1) is 12.1. The molecule has 1 aliphatic heterocycles. The molecule has 0 aromatic carbocycles. The van der Waals surface area contributed by atoms with Gasteiger partial charge in [-0.15, -0.1) is 0 Å². The molecule has 0 saturated carbocycles. The van der Waals surface area contributed by atoms with Crippen molar-refractivity contribution in [1.29, 1.82) is 0 Å². The number of rotatable bonds is 5. The number of anilines is 1. The van der Waals surface area contributed by atoms with Crippen LogP contribution in [0.5, 0.6) is 0 Å². The van der Waals surface area contributed by atoms with E-state index in [-0.39, 0.29) is 22.5 Å². The van der Waals surface area contributed by atoms with Gasteiger partial charge >= 0.3 is 10.3 Å². The van der Waals surface area contributed by atoms with Gasteiger partial charge in [-0.25, -0.2) is 19.8 Å². The molecule has 144 valence electrons. The first-order valence-electron chi connectivity index (χ1n) is 7.45. The van der Waals surface area contributed by atoms with Crippen LogP contribution in [0.2, 0.25) is 0 Å². The minimum absolute atomic E-state index is 0.0688. The predicted molar refractivity (Wildman–Crippen MR) is 85.4 cm³/mol. The van der Waals surface area contributed by atoms with Crippen molar-refractivity contribution in [3.8, 4) is 0 Å². The highest BCUT2D eigenvalue weighted by Gasteiger charge is 2.45. The third-order valence-electron chi connectivity index (χ3n) is 3.92. The largest absolute Gasteiger partial charge is 0.387 e. The Labute approximate surface area is 147 Å². The Kier molecular flexibility index (Phi) is 4.82. The molecule has 1 saturated heterocycles. The molecule has 14 heteroatoms. The van der Waals surface area contributed by atoms with Crippen LogP contribution in [0.25, 0.3) is 11.0 Å². The lowest BCUT2D eigenvalue weighted by atomic mass is 10.1. The van der Waals surface area contributed by atoms with E-state index < -0.39 is 47.6 Å². The Hall–Kier alpha value is -1.94. The Balaban J connectivity index is 1.98. The zero-order valence-corrected chi connectivity index (χ0v) is 14.3. The average Bonchev–Trinajstić information content (AvgIpc) is 3.06. The van der Waals surface area contributed by atoms with E-state index in [9.17, 15) is 23.7 Å². The molecule has 0 radical (unpaired) electrons. The molecule has 0 amide bonds. The van der Waals surface area contributed by atoms with Gasteiger partial charge < -0.3 is 25.8 Å². The van der Waals surface area contributed by atoms with Gasteiger partial charge in [0.15, 0.2) is 11.9 Å². The van der Waals surface area contributed by atoms with Gasteiger partial charge in [0.05, 0.1) is 18.1 Å². The van der Waals surface area contributed by atoms with E-state index in [2.05, 4.69) is 19.2 Å². The second kappa shape index (κ2) is 6.66. The van der Waals surface area contributed by atoms with Gasteiger partial charge in [0.25, 0.3) is 0 Å². The summed E-state index contributed by atoms with van der Waals surface area (Å²) in [6.45, 7) is 0.856. The Morgan fingerprint density at radius 1 is 1.38 bits per heavy atom. The van der Waals surface area contributed by atoms with Crippen LogP contribution in [0.15, 0.2) is 6.33 Å². The lowest BCUT2D eigenvalue weighted by molar-refractivity contribution is -0.0531. The van der Waals surface area contributed by atoms with Crippen molar-refractivity contribution in [2.24, 2.45) is 5.14 Å². The standard InChI is InChI=1S/C12H18N6O7S/c1-4(19)7-6-10(13)15-3-16-11(6)18(17-7)12-9(21)8(20)5(25-12)2-24-26(14,22)23/h3-5,8-9,12,19-21H,2H2,1H3,(H2,13,15,16)(H2,14,22,23)/t4?,5-,8+,9+,12-/m1/s1. The van der Waals surface area contributed by atoms with E-state index in [1.807, 2.05) is 0 Å². The molecule has 26 heavy (non-hydrogen) atoms. The summed E-state index contributed by atoms with van der Waals surface area (Å²) in [5.74, 6) is 0.0688. The molecular formula is C12H18N6O7S. The van der Waals surface area contributed by atoms with Gasteiger partial charge in [-0.05, 0) is 6.92 Å². The normalized spacial score (nSPS) is 27.9. The number of nitrogen functional groups attached to an aromatic ring is 1. The summed E-state index contributed by atoms with van der Waals surface area (Å²) in [5, 5.41) is 39.5. The van der Waals surface area contributed by atoms with E-state index in [0.29, 0.717) is 0 Å². The molecule has 7 N–H and O–H groups in total. The SMILES string of the molecule is CC(O)c1nn([C@@H]2O[C@H](COS(N)(=O)=O)[C@H](O)[C@@H]2O)c2ncnc(N)c12. The smallest absolute Gasteiger partial charge is 0.333 e. The van der Waals surface area contributed by atoms with Crippen molar-refractivity contribution in [2.75, 3.05) is 12.3 Å². The van der Waals surface area contributed by atoms with Crippen molar-refractivity contribution >= 4 is 27.2 Å².